The normalized spacial score (nSPS) is 19.7. The summed E-state index contributed by atoms with van der Waals surface area (Å²) in [6, 6.07) is 0.284. The van der Waals surface area contributed by atoms with Crippen LogP contribution in [0.4, 0.5) is 0 Å². The second kappa shape index (κ2) is 8.48. The molecule has 4 nitrogen and oxygen atoms in total. The monoisotopic (exact) mass is 255 g/mol. The van der Waals surface area contributed by atoms with Crippen LogP contribution in [0.3, 0.4) is 0 Å². The van der Waals surface area contributed by atoms with Gasteiger partial charge in [0.25, 0.3) is 0 Å². The topological polar surface area (TPSA) is 44.4 Å². The molecule has 2 N–H and O–H groups in total. The first-order valence-electron chi connectivity index (χ1n) is 7.38. The van der Waals surface area contributed by atoms with E-state index in [0.717, 1.165) is 25.4 Å². The Labute approximate surface area is 111 Å². The highest BCUT2D eigenvalue weighted by atomic mass is 16.1. The minimum Gasteiger partial charge on any atom is -0.353 e. The molecule has 106 valence electrons. The number of hydrogen-bond acceptors (Lipinski definition) is 3. The minimum atomic E-state index is 0.121. The van der Waals surface area contributed by atoms with Crippen LogP contribution in [0.5, 0.6) is 0 Å². The molecule has 18 heavy (non-hydrogen) atoms. The third kappa shape index (κ3) is 5.83. The molecule has 1 amide bonds. The molecule has 1 atom stereocenters. The number of hydrogen-bond donors (Lipinski definition) is 2. The van der Waals surface area contributed by atoms with Gasteiger partial charge in [-0.15, -0.1) is 0 Å². The predicted molar refractivity (Wildman–Crippen MR) is 75.6 cm³/mol. The van der Waals surface area contributed by atoms with Crippen molar-refractivity contribution in [2.45, 2.75) is 46.1 Å². The summed E-state index contributed by atoms with van der Waals surface area (Å²) >= 11 is 0. The summed E-state index contributed by atoms with van der Waals surface area (Å²) in [7, 11) is 0. The molecule has 0 radical (unpaired) electrons. The van der Waals surface area contributed by atoms with Gasteiger partial charge in [-0.05, 0) is 58.3 Å². The van der Waals surface area contributed by atoms with Gasteiger partial charge in [0.05, 0.1) is 6.54 Å². The Morgan fingerprint density at radius 3 is 2.56 bits per heavy atom. The van der Waals surface area contributed by atoms with Crippen LogP contribution in [0.2, 0.25) is 0 Å². The molecule has 0 bridgehead atoms. The molecule has 1 rings (SSSR count). The van der Waals surface area contributed by atoms with Crippen molar-refractivity contribution in [2.75, 3.05) is 32.7 Å². The third-order valence-electron chi connectivity index (χ3n) is 3.89. The maximum Gasteiger partial charge on any atom is 0.234 e. The van der Waals surface area contributed by atoms with Gasteiger partial charge in [-0.25, -0.2) is 0 Å². The molecule has 0 aliphatic carbocycles. The molecule has 0 saturated carbocycles. The van der Waals surface area contributed by atoms with E-state index in [9.17, 15) is 4.79 Å². The van der Waals surface area contributed by atoms with E-state index in [1.807, 2.05) is 6.92 Å². The molecule has 1 saturated heterocycles. The summed E-state index contributed by atoms with van der Waals surface area (Å²) in [4.78, 5) is 14.1. The summed E-state index contributed by atoms with van der Waals surface area (Å²) < 4.78 is 0. The molecular weight excluding hydrogens is 226 g/mol. The van der Waals surface area contributed by atoms with E-state index in [0.29, 0.717) is 6.54 Å². The number of piperidine rings is 1. The van der Waals surface area contributed by atoms with Crippen molar-refractivity contribution in [3.8, 4) is 0 Å². The van der Waals surface area contributed by atoms with Crippen LogP contribution in [-0.2, 0) is 4.79 Å². The zero-order valence-corrected chi connectivity index (χ0v) is 12.2. The zero-order valence-electron chi connectivity index (χ0n) is 12.2. The van der Waals surface area contributed by atoms with Gasteiger partial charge < -0.3 is 15.5 Å². The third-order valence-corrected chi connectivity index (χ3v) is 3.89. The quantitative estimate of drug-likeness (QED) is 0.719. The van der Waals surface area contributed by atoms with Gasteiger partial charge in [0.2, 0.25) is 5.91 Å². The van der Waals surface area contributed by atoms with Gasteiger partial charge in [-0.3, -0.25) is 4.79 Å². The minimum absolute atomic E-state index is 0.121. The van der Waals surface area contributed by atoms with E-state index in [4.69, 9.17) is 0 Å². The Morgan fingerprint density at radius 1 is 1.33 bits per heavy atom. The number of amides is 1. The lowest BCUT2D eigenvalue weighted by atomic mass is 9.97. The van der Waals surface area contributed by atoms with Crippen LogP contribution < -0.4 is 10.6 Å². The number of carbonyl (C=O) groups is 1. The van der Waals surface area contributed by atoms with Gasteiger partial charge in [-0.2, -0.15) is 0 Å². The average molecular weight is 255 g/mol. The van der Waals surface area contributed by atoms with Crippen LogP contribution in [0.25, 0.3) is 0 Å². The molecule has 1 aliphatic rings. The molecule has 0 aromatic rings. The first-order valence-corrected chi connectivity index (χ1v) is 7.38. The lowest BCUT2D eigenvalue weighted by Gasteiger charge is -2.31. The maximum absolute atomic E-state index is 11.6. The number of nitrogens with zero attached hydrogens (tertiary/aromatic N) is 1. The van der Waals surface area contributed by atoms with Gasteiger partial charge in [-0.1, -0.05) is 13.8 Å². The molecule has 0 aromatic carbocycles. The highest BCUT2D eigenvalue weighted by Crippen LogP contribution is 2.15. The van der Waals surface area contributed by atoms with Crippen molar-refractivity contribution in [1.82, 2.24) is 15.5 Å². The van der Waals surface area contributed by atoms with Crippen LogP contribution >= 0.6 is 0 Å². The van der Waals surface area contributed by atoms with Crippen molar-refractivity contribution < 1.29 is 4.79 Å². The summed E-state index contributed by atoms with van der Waals surface area (Å²) in [5.41, 5.74) is 0. The lowest BCUT2D eigenvalue weighted by Crippen LogP contribution is -2.42. The molecule has 1 fully saturated rings. The number of rotatable bonds is 7. The second-order valence-electron chi connectivity index (χ2n) is 5.39. The summed E-state index contributed by atoms with van der Waals surface area (Å²) in [5.74, 6) is 0.861. The van der Waals surface area contributed by atoms with Gasteiger partial charge in [0.1, 0.15) is 0 Å². The van der Waals surface area contributed by atoms with Gasteiger partial charge in [0, 0.05) is 6.04 Å². The fraction of sp³-hybridized carbons (Fsp3) is 0.929. The Kier molecular flexibility index (Phi) is 7.28. The Hall–Kier alpha value is -0.610. The largest absolute Gasteiger partial charge is 0.353 e. The highest BCUT2D eigenvalue weighted by Gasteiger charge is 2.17. The fourth-order valence-electron chi connectivity index (χ4n) is 2.32. The van der Waals surface area contributed by atoms with Crippen LogP contribution in [0.15, 0.2) is 0 Å². The summed E-state index contributed by atoms with van der Waals surface area (Å²) in [6.07, 6.45) is 3.50. The summed E-state index contributed by atoms with van der Waals surface area (Å²) in [5, 5.41) is 6.26. The molecule has 1 aliphatic heterocycles. The SMILES string of the molecule is CCC(C)NC(=O)CNCC1CCN(CC)CC1. The number of likely N-dealkylation sites (tertiary alicyclic amines) is 1. The first-order chi connectivity index (χ1) is 8.65. The van der Waals surface area contributed by atoms with E-state index in [1.54, 1.807) is 0 Å². The standard InChI is InChI=1S/C14H29N3O/c1-4-12(3)16-14(18)11-15-10-13-6-8-17(5-2)9-7-13/h12-13,15H,4-11H2,1-3H3,(H,16,18). The molecule has 4 heteroatoms. The van der Waals surface area contributed by atoms with Gasteiger partial charge in [0.15, 0.2) is 0 Å². The van der Waals surface area contributed by atoms with Crippen molar-refractivity contribution in [1.29, 1.82) is 0 Å². The Balaban J connectivity index is 2.06. The van der Waals surface area contributed by atoms with Crippen LogP contribution in [-0.4, -0.2) is 49.6 Å². The van der Waals surface area contributed by atoms with Crippen LogP contribution in [0, 0.1) is 5.92 Å². The molecule has 1 unspecified atom stereocenters. The van der Waals surface area contributed by atoms with Crippen LogP contribution in [0.1, 0.15) is 40.0 Å². The van der Waals surface area contributed by atoms with Crippen molar-refractivity contribution in [3.05, 3.63) is 0 Å². The van der Waals surface area contributed by atoms with Crippen molar-refractivity contribution >= 4 is 5.91 Å². The number of nitrogens with one attached hydrogen (secondary N) is 2. The Bertz CT molecular complexity index is 237. The second-order valence-corrected chi connectivity index (χ2v) is 5.39. The molecule has 0 spiro atoms. The number of carbonyl (C=O) groups excluding carboxylic acids is 1. The van der Waals surface area contributed by atoms with E-state index >= 15 is 0 Å². The fourth-order valence-corrected chi connectivity index (χ4v) is 2.32. The lowest BCUT2D eigenvalue weighted by molar-refractivity contribution is -0.120. The Morgan fingerprint density at radius 2 is 2.00 bits per heavy atom. The molecular formula is C14H29N3O. The van der Waals surface area contributed by atoms with E-state index in [2.05, 4.69) is 29.4 Å². The smallest absolute Gasteiger partial charge is 0.234 e. The maximum atomic E-state index is 11.6. The van der Waals surface area contributed by atoms with Gasteiger partial charge >= 0.3 is 0 Å². The van der Waals surface area contributed by atoms with E-state index in [1.165, 1.54) is 25.9 Å². The average Bonchev–Trinajstić information content (AvgIpc) is 2.39. The van der Waals surface area contributed by atoms with Crippen molar-refractivity contribution in [3.63, 3.8) is 0 Å². The van der Waals surface area contributed by atoms with Crippen molar-refractivity contribution in [2.24, 2.45) is 5.92 Å². The first kappa shape index (κ1) is 15.4. The van der Waals surface area contributed by atoms with E-state index < -0.39 is 0 Å². The predicted octanol–water partition coefficient (Wildman–Crippen LogP) is 1.22. The molecule has 0 aromatic heterocycles. The summed E-state index contributed by atoms with van der Waals surface area (Å²) in [6.45, 7) is 11.4. The van der Waals surface area contributed by atoms with E-state index in [-0.39, 0.29) is 11.9 Å². The zero-order chi connectivity index (χ0) is 13.4. The highest BCUT2D eigenvalue weighted by molar-refractivity contribution is 5.78. The molecule has 1 heterocycles.